The smallest absolute Gasteiger partial charge is 0.410 e. The van der Waals surface area contributed by atoms with E-state index in [-0.39, 0.29) is 61.8 Å². The van der Waals surface area contributed by atoms with Crippen LogP contribution in [0.3, 0.4) is 0 Å². The number of allylic oxidation sites excluding steroid dienone is 2. The standard InChI is InChI=1S/C29H35FN2O6/c1-18-8-5-3-2-4-6-10-20-13-29(20,27(35)36)14-25(33)24-12-21(16-32(24)26(18)34)38-28(37)31-15-19-9-7-11-23(30)22(19)17-31/h6-7,9-11,18,20-21,24H,2-5,8,12-17H2,1H3,(H,35,36)/b10-6-/t18-,20+,21+,24-,29+/m0/s1. The summed E-state index contributed by atoms with van der Waals surface area (Å²) in [5.41, 5.74) is 0.0655. The van der Waals surface area contributed by atoms with E-state index in [4.69, 9.17) is 4.74 Å². The lowest BCUT2D eigenvalue weighted by atomic mass is 9.91. The number of amides is 2. The number of carboxylic acids is 1. The van der Waals surface area contributed by atoms with Gasteiger partial charge in [0.2, 0.25) is 5.91 Å². The summed E-state index contributed by atoms with van der Waals surface area (Å²) in [5, 5.41) is 9.96. The largest absolute Gasteiger partial charge is 0.481 e. The molecular formula is C29H35FN2O6. The molecule has 8 nitrogen and oxygen atoms in total. The molecule has 4 aliphatic rings. The zero-order chi connectivity index (χ0) is 27.0. The van der Waals surface area contributed by atoms with Crippen molar-refractivity contribution in [3.05, 3.63) is 47.3 Å². The molecule has 1 saturated heterocycles. The number of hydrogen-bond acceptors (Lipinski definition) is 5. The van der Waals surface area contributed by atoms with Crippen LogP contribution in [0.15, 0.2) is 30.4 Å². The Bertz CT molecular complexity index is 1170. The number of nitrogens with zero attached hydrogens (tertiary/aromatic N) is 2. The van der Waals surface area contributed by atoms with E-state index < -0.39 is 29.6 Å². The van der Waals surface area contributed by atoms with E-state index in [9.17, 15) is 28.7 Å². The average Bonchev–Trinajstić information content (AvgIpc) is 3.21. The highest BCUT2D eigenvalue weighted by Gasteiger charge is 2.61. The molecule has 9 heteroatoms. The van der Waals surface area contributed by atoms with Crippen molar-refractivity contribution < 1.29 is 33.4 Å². The number of benzene rings is 1. The minimum absolute atomic E-state index is 0.0872. The Morgan fingerprint density at radius 3 is 2.74 bits per heavy atom. The summed E-state index contributed by atoms with van der Waals surface area (Å²) < 4.78 is 19.9. The molecule has 5 atom stereocenters. The van der Waals surface area contributed by atoms with E-state index in [0.717, 1.165) is 31.2 Å². The molecule has 2 amide bonds. The van der Waals surface area contributed by atoms with E-state index in [0.29, 0.717) is 18.4 Å². The Hall–Kier alpha value is -3.23. The van der Waals surface area contributed by atoms with Crippen LogP contribution < -0.4 is 0 Å². The Morgan fingerprint density at radius 2 is 1.97 bits per heavy atom. The van der Waals surface area contributed by atoms with Crippen LogP contribution >= 0.6 is 0 Å². The van der Waals surface area contributed by atoms with E-state index in [1.54, 1.807) is 12.1 Å². The van der Waals surface area contributed by atoms with E-state index in [1.807, 2.05) is 19.1 Å². The van der Waals surface area contributed by atoms with Crippen LogP contribution in [-0.2, 0) is 32.2 Å². The maximum atomic E-state index is 14.1. The highest BCUT2D eigenvalue weighted by Crippen LogP contribution is 2.57. The third kappa shape index (κ3) is 5.07. The predicted octanol–water partition coefficient (Wildman–Crippen LogP) is 4.45. The lowest BCUT2D eigenvalue weighted by molar-refractivity contribution is -0.147. The fourth-order valence-corrected chi connectivity index (χ4v) is 6.25. The second kappa shape index (κ2) is 10.5. The first kappa shape index (κ1) is 26.4. The molecule has 2 fully saturated rings. The molecule has 1 N–H and O–H groups in total. The van der Waals surface area contributed by atoms with Crippen molar-refractivity contribution in [2.75, 3.05) is 6.54 Å². The molecule has 0 spiro atoms. The third-order valence-electron chi connectivity index (χ3n) is 8.72. The number of ether oxygens (including phenoxy) is 1. The molecular weight excluding hydrogens is 491 g/mol. The summed E-state index contributed by atoms with van der Waals surface area (Å²) in [6, 6.07) is 3.91. The Balaban J connectivity index is 1.32. The normalized spacial score (nSPS) is 32.5. The molecule has 1 aliphatic carbocycles. The van der Waals surface area contributed by atoms with Gasteiger partial charge in [0.05, 0.1) is 24.5 Å². The SMILES string of the molecule is C[C@H]1CCCCC/C=C\[C@@H]2C[C@@]2(C(=O)O)CC(=O)[C@@H]2C[C@@H](OC(=O)N3Cc4cccc(F)c4C3)CN2C1=O. The minimum atomic E-state index is -1.13. The average molecular weight is 527 g/mol. The number of halogens is 1. The number of carbonyl (C=O) groups excluding carboxylic acids is 3. The minimum Gasteiger partial charge on any atom is -0.481 e. The molecule has 0 radical (unpaired) electrons. The quantitative estimate of drug-likeness (QED) is 0.571. The van der Waals surface area contributed by atoms with Crippen LogP contribution in [-0.4, -0.2) is 57.3 Å². The van der Waals surface area contributed by atoms with Gasteiger partial charge in [-0.2, -0.15) is 0 Å². The number of hydrogen-bond donors (Lipinski definition) is 1. The Kier molecular flexibility index (Phi) is 7.29. The second-order valence-corrected chi connectivity index (χ2v) is 11.4. The zero-order valence-corrected chi connectivity index (χ0v) is 21.7. The second-order valence-electron chi connectivity index (χ2n) is 11.4. The van der Waals surface area contributed by atoms with Gasteiger partial charge in [-0.05, 0) is 43.2 Å². The Morgan fingerprint density at radius 1 is 1.16 bits per heavy atom. The predicted molar refractivity (Wildman–Crippen MR) is 135 cm³/mol. The Labute approximate surface area is 221 Å². The fraction of sp³-hybridized carbons (Fsp3) is 0.586. The third-order valence-corrected chi connectivity index (χ3v) is 8.72. The molecule has 204 valence electrons. The van der Waals surface area contributed by atoms with Crippen molar-refractivity contribution in [3.8, 4) is 0 Å². The monoisotopic (exact) mass is 526 g/mol. The van der Waals surface area contributed by atoms with Crippen molar-refractivity contribution in [2.24, 2.45) is 17.3 Å². The van der Waals surface area contributed by atoms with Crippen LogP contribution in [0.4, 0.5) is 9.18 Å². The summed E-state index contributed by atoms with van der Waals surface area (Å²) >= 11 is 0. The van der Waals surface area contributed by atoms with Gasteiger partial charge in [-0.1, -0.05) is 44.1 Å². The van der Waals surface area contributed by atoms with Crippen molar-refractivity contribution >= 4 is 23.8 Å². The summed E-state index contributed by atoms with van der Waals surface area (Å²) in [6.45, 7) is 2.28. The van der Waals surface area contributed by atoms with Crippen LogP contribution in [0.1, 0.15) is 69.4 Å². The summed E-state index contributed by atoms with van der Waals surface area (Å²) in [7, 11) is 0. The number of carboxylic acid groups (broad SMARTS) is 1. The van der Waals surface area contributed by atoms with Gasteiger partial charge in [-0.15, -0.1) is 0 Å². The number of ketones is 1. The molecule has 1 saturated carbocycles. The van der Waals surface area contributed by atoms with Crippen molar-refractivity contribution in [1.29, 1.82) is 0 Å². The molecule has 1 aromatic rings. The summed E-state index contributed by atoms with van der Waals surface area (Å²) in [4.78, 5) is 55.0. The van der Waals surface area contributed by atoms with Crippen LogP contribution in [0, 0.1) is 23.1 Å². The lowest BCUT2D eigenvalue weighted by Crippen LogP contribution is -2.44. The van der Waals surface area contributed by atoms with Gasteiger partial charge in [0, 0.05) is 30.9 Å². The van der Waals surface area contributed by atoms with Gasteiger partial charge in [0.25, 0.3) is 0 Å². The fourth-order valence-electron chi connectivity index (χ4n) is 6.25. The molecule has 38 heavy (non-hydrogen) atoms. The van der Waals surface area contributed by atoms with Crippen molar-refractivity contribution in [1.82, 2.24) is 9.80 Å². The van der Waals surface area contributed by atoms with Crippen LogP contribution in [0.5, 0.6) is 0 Å². The number of fused-ring (bicyclic) bond motifs is 3. The number of aliphatic carboxylic acids is 1. The number of rotatable bonds is 2. The van der Waals surface area contributed by atoms with Crippen LogP contribution in [0.25, 0.3) is 0 Å². The molecule has 0 unspecified atom stereocenters. The molecule has 1 aromatic carbocycles. The van der Waals surface area contributed by atoms with E-state index in [2.05, 4.69) is 0 Å². The lowest BCUT2D eigenvalue weighted by Gasteiger charge is -2.27. The summed E-state index contributed by atoms with van der Waals surface area (Å²) in [5.74, 6) is -2.30. The maximum absolute atomic E-state index is 14.1. The maximum Gasteiger partial charge on any atom is 0.410 e. The van der Waals surface area contributed by atoms with Crippen LogP contribution in [0.2, 0.25) is 0 Å². The van der Waals surface area contributed by atoms with E-state index in [1.165, 1.54) is 15.9 Å². The topological polar surface area (TPSA) is 104 Å². The number of Topliss-reactive ketones (excluding diaryl/α,β-unsaturated/α-hetero) is 1. The zero-order valence-electron chi connectivity index (χ0n) is 21.7. The van der Waals surface area contributed by atoms with Crippen molar-refractivity contribution in [2.45, 2.75) is 83.5 Å². The van der Waals surface area contributed by atoms with E-state index >= 15 is 0 Å². The molecule has 5 rings (SSSR count). The highest BCUT2D eigenvalue weighted by molar-refractivity contribution is 5.95. The first-order valence-electron chi connectivity index (χ1n) is 13.6. The first-order valence-corrected chi connectivity index (χ1v) is 13.6. The van der Waals surface area contributed by atoms with Gasteiger partial charge < -0.3 is 14.7 Å². The first-order chi connectivity index (χ1) is 18.2. The van der Waals surface area contributed by atoms with Gasteiger partial charge in [0.15, 0.2) is 5.78 Å². The molecule has 3 heterocycles. The van der Waals surface area contributed by atoms with Gasteiger partial charge >= 0.3 is 12.1 Å². The van der Waals surface area contributed by atoms with Crippen molar-refractivity contribution in [3.63, 3.8) is 0 Å². The number of carbonyl (C=O) groups is 4. The van der Waals surface area contributed by atoms with Gasteiger partial charge in [0.1, 0.15) is 11.9 Å². The van der Waals surface area contributed by atoms with Gasteiger partial charge in [-0.25, -0.2) is 9.18 Å². The molecule has 3 aliphatic heterocycles. The van der Waals surface area contributed by atoms with Gasteiger partial charge in [-0.3, -0.25) is 19.3 Å². The molecule has 0 aromatic heterocycles. The molecule has 0 bridgehead atoms. The summed E-state index contributed by atoms with van der Waals surface area (Å²) in [6.07, 6.45) is 7.42. The highest BCUT2D eigenvalue weighted by atomic mass is 19.1.